The molecule has 0 amide bonds. The van der Waals surface area contributed by atoms with E-state index < -0.39 is 5.97 Å². The Hall–Kier alpha value is -3.66. The first-order valence-electron chi connectivity index (χ1n) is 9.42. The van der Waals surface area contributed by atoms with E-state index in [-0.39, 0.29) is 18.1 Å². The summed E-state index contributed by atoms with van der Waals surface area (Å²) in [5.74, 6) is -0.204. The summed E-state index contributed by atoms with van der Waals surface area (Å²) >= 11 is 0. The van der Waals surface area contributed by atoms with E-state index in [9.17, 15) is 10.1 Å². The fourth-order valence-corrected chi connectivity index (χ4v) is 3.35. The highest BCUT2D eigenvalue weighted by molar-refractivity contribution is 5.98. The van der Waals surface area contributed by atoms with Gasteiger partial charge in [-0.3, -0.25) is 0 Å². The molecule has 0 unspecified atom stereocenters. The Bertz CT molecular complexity index is 1110. The molecule has 7 nitrogen and oxygen atoms in total. The number of carbonyl (C=O) groups is 1. The molecule has 1 aromatic carbocycles. The normalized spacial score (nSPS) is 13.9. The van der Waals surface area contributed by atoms with Crippen LogP contribution >= 0.6 is 0 Å². The van der Waals surface area contributed by atoms with Gasteiger partial charge < -0.3 is 13.7 Å². The number of esters is 1. The molecule has 7 heteroatoms. The van der Waals surface area contributed by atoms with Crippen LogP contribution in [0, 0.1) is 25.2 Å². The highest BCUT2D eigenvalue weighted by atomic mass is 16.5. The van der Waals surface area contributed by atoms with Crippen LogP contribution in [0.4, 0.5) is 0 Å². The van der Waals surface area contributed by atoms with Gasteiger partial charge in [0.15, 0.2) is 6.61 Å². The Morgan fingerprint density at radius 2 is 2.07 bits per heavy atom. The molecule has 4 rings (SSSR count). The number of nitrogens with zero attached hydrogens (tertiary/aromatic N) is 4. The van der Waals surface area contributed by atoms with E-state index >= 15 is 0 Å². The first-order valence-corrected chi connectivity index (χ1v) is 9.42. The van der Waals surface area contributed by atoms with Crippen LogP contribution in [0.3, 0.4) is 0 Å². The molecule has 29 heavy (non-hydrogen) atoms. The first kappa shape index (κ1) is 18.7. The molecule has 0 bridgehead atoms. The molecule has 1 aliphatic rings. The van der Waals surface area contributed by atoms with E-state index in [2.05, 4.69) is 14.8 Å². The van der Waals surface area contributed by atoms with E-state index in [1.165, 1.54) is 12.8 Å². The second-order valence-electron chi connectivity index (χ2n) is 7.04. The molecule has 0 atom stereocenters. The van der Waals surface area contributed by atoms with Gasteiger partial charge in [-0.1, -0.05) is 18.2 Å². The lowest BCUT2D eigenvalue weighted by Gasteiger charge is -2.06. The van der Waals surface area contributed by atoms with Crippen molar-refractivity contribution in [3.05, 3.63) is 64.8 Å². The van der Waals surface area contributed by atoms with Crippen molar-refractivity contribution in [3.63, 3.8) is 0 Å². The Morgan fingerprint density at radius 1 is 1.31 bits per heavy atom. The lowest BCUT2D eigenvalue weighted by Crippen LogP contribution is -2.07. The Morgan fingerprint density at radius 3 is 2.76 bits per heavy atom. The number of nitriles is 1. The number of aryl methyl sites for hydroxylation is 1. The zero-order valence-corrected chi connectivity index (χ0v) is 16.3. The SMILES string of the molecule is Cc1cc(/C=C(\C#N)C(=O)OCc2nnc(-c3ccccc3)o2)c(C)n1C1CC1. The van der Waals surface area contributed by atoms with Crippen LogP contribution in [0.15, 0.2) is 46.4 Å². The monoisotopic (exact) mass is 388 g/mol. The van der Waals surface area contributed by atoms with Gasteiger partial charge in [-0.15, -0.1) is 10.2 Å². The van der Waals surface area contributed by atoms with Crippen molar-refractivity contribution < 1.29 is 13.9 Å². The maximum Gasteiger partial charge on any atom is 0.349 e. The van der Waals surface area contributed by atoms with E-state index in [1.807, 2.05) is 56.3 Å². The molecular weight excluding hydrogens is 368 g/mol. The number of hydrogen-bond donors (Lipinski definition) is 0. The lowest BCUT2D eigenvalue weighted by molar-refractivity contribution is -0.140. The highest BCUT2D eigenvalue weighted by Crippen LogP contribution is 2.38. The smallest absolute Gasteiger partial charge is 0.349 e. The summed E-state index contributed by atoms with van der Waals surface area (Å²) in [5, 5.41) is 17.3. The second-order valence-corrected chi connectivity index (χ2v) is 7.04. The lowest BCUT2D eigenvalue weighted by atomic mass is 10.1. The van der Waals surface area contributed by atoms with Crippen LogP contribution in [-0.4, -0.2) is 20.7 Å². The van der Waals surface area contributed by atoms with Crippen LogP contribution in [0.25, 0.3) is 17.5 Å². The van der Waals surface area contributed by atoms with Crippen LogP contribution in [0.5, 0.6) is 0 Å². The minimum atomic E-state index is -0.719. The topological polar surface area (TPSA) is 93.9 Å². The molecule has 0 aliphatic heterocycles. The Kier molecular flexibility index (Phi) is 5.00. The summed E-state index contributed by atoms with van der Waals surface area (Å²) in [7, 11) is 0. The summed E-state index contributed by atoms with van der Waals surface area (Å²) in [6.07, 6.45) is 3.91. The molecule has 3 aromatic rings. The minimum absolute atomic E-state index is 0.0659. The standard InChI is InChI=1S/C22H20N4O3/c1-14-10-17(15(2)26(14)19-8-9-19)11-18(12-23)22(27)28-13-20-24-25-21(29-20)16-6-4-3-5-7-16/h3-7,10-11,19H,8-9,13H2,1-2H3/b18-11+. The van der Waals surface area contributed by atoms with Crippen molar-refractivity contribution >= 4 is 12.0 Å². The predicted molar refractivity (Wildman–Crippen MR) is 105 cm³/mol. The molecule has 146 valence electrons. The zero-order valence-electron chi connectivity index (χ0n) is 16.3. The molecule has 2 aromatic heterocycles. The van der Waals surface area contributed by atoms with Gasteiger partial charge in [0.2, 0.25) is 5.89 Å². The average molecular weight is 388 g/mol. The van der Waals surface area contributed by atoms with Crippen LogP contribution < -0.4 is 0 Å². The largest absolute Gasteiger partial charge is 0.451 e. The summed E-state index contributed by atoms with van der Waals surface area (Å²) in [6, 6.07) is 13.8. The average Bonchev–Trinajstić information content (AvgIpc) is 3.37. The molecule has 2 heterocycles. The van der Waals surface area contributed by atoms with Gasteiger partial charge in [-0.2, -0.15) is 5.26 Å². The maximum atomic E-state index is 12.4. The molecule has 0 N–H and O–H groups in total. The predicted octanol–water partition coefficient (Wildman–Crippen LogP) is 4.14. The van der Waals surface area contributed by atoms with Crippen molar-refractivity contribution in [2.24, 2.45) is 0 Å². The van der Waals surface area contributed by atoms with Gasteiger partial charge >= 0.3 is 5.97 Å². The zero-order chi connectivity index (χ0) is 20.4. The summed E-state index contributed by atoms with van der Waals surface area (Å²) in [4.78, 5) is 12.4. The van der Waals surface area contributed by atoms with E-state index in [4.69, 9.17) is 9.15 Å². The van der Waals surface area contributed by atoms with Gasteiger partial charge in [0.1, 0.15) is 11.6 Å². The highest BCUT2D eigenvalue weighted by Gasteiger charge is 2.27. The van der Waals surface area contributed by atoms with Gasteiger partial charge in [0.05, 0.1) is 0 Å². The molecule has 0 saturated heterocycles. The third-order valence-corrected chi connectivity index (χ3v) is 4.89. The Balaban J connectivity index is 1.45. The quantitative estimate of drug-likeness (QED) is 0.358. The van der Waals surface area contributed by atoms with Crippen molar-refractivity contribution in [1.82, 2.24) is 14.8 Å². The van der Waals surface area contributed by atoms with Crippen molar-refractivity contribution in [2.45, 2.75) is 39.3 Å². The van der Waals surface area contributed by atoms with Crippen LogP contribution in [-0.2, 0) is 16.1 Å². The van der Waals surface area contributed by atoms with E-state index in [1.54, 1.807) is 6.08 Å². The summed E-state index contributed by atoms with van der Waals surface area (Å²) < 4.78 is 13.0. The fourth-order valence-electron chi connectivity index (χ4n) is 3.35. The van der Waals surface area contributed by atoms with Crippen molar-refractivity contribution in [2.75, 3.05) is 0 Å². The molecule has 0 spiro atoms. The summed E-state index contributed by atoms with van der Waals surface area (Å²) in [6.45, 7) is 3.84. The molecule has 1 saturated carbocycles. The summed E-state index contributed by atoms with van der Waals surface area (Å²) in [5.41, 5.74) is 3.74. The molecule has 0 radical (unpaired) electrons. The third kappa shape index (κ3) is 3.97. The minimum Gasteiger partial charge on any atom is -0.451 e. The molecule has 1 aliphatic carbocycles. The van der Waals surface area contributed by atoms with E-state index in [0.29, 0.717) is 11.9 Å². The van der Waals surface area contributed by atoms with Gasteiger partial charge in [-0.25, -0.2) is 4.79 Å². The van der Waals surface area contributed by atoms with Gasteiger partial charge in [0, 0.05) is 23.0 Å². The van der Waals surface area contributed by atoms with E-state index in [0.717, 1.165) is 22.5 Å². The Labute approximate surface area is 168 Å². The van der Waals surface area contributed by atoms with Crippen molar-refractivity contribution in [1.29, 1.82) is 5.26 Å². The third-order valence-electron chi connectivity index (χ3n) is 4.89. The number of rotatable bonds is 6. The maximum absolute atomic E-state index is 12.4. The molecular formula is C22H20N4O3. The van der Waals surface area contributed by atoms with Crippen LogP contribution in [0.1, 0.15) is 41.7 Å². The van der Waals surface area contributed by atoms with Gasteiger partial charge in [0.25, 0.3) is 5.89 Å². The fraction of sp³-hybridized carbons (Fsp3) is 0.273. The number of aromatic nitrogens is 3. The van der Waals surface area contributed by atoms with Gasteiger partial charge in [-0.05, 0) is 56.5 Å². The number of ether oxygens (including phenoxy) is 1. The number of benzene rings is 1. The number of carbonyl (C=O) groups excluding carboxylic acids is 1. The molecule has 1 fully saturated rings. The number of hydrogen-bond acceptors (Lipinski definition) is 6. The first-order chi connectivity index (χ1) is 14.1. The second kappa shape index (κ2) is 7.76. The van der Waals surface area contributed by atoms with Crippen molar-refractivity contribution in [3.8, 4) is 17.5 Å². The van der Waals surface area contributed by atoms with Crippen LogP contribution in [0.2, 0.25) is 0 Å².